The molecule has 0 aromatic carbocycles. The van der Waals surface area contributed by atoms with E-state index in [1.807, 2.05) is 7.05 Å². The predicted molar refractivity (Wildman–Crippen MR) is 46.0 cm³/mol. The van der Waals surface area contributed by atoms with Crippen LogP contribution in [-0.4, -0.2) is 18.6 Å². The quantitative estimate of drug-likeness (QED) is 0.620. The van der Waals surface area contributed by atoms with Crippen molar-refractivity contribution < 1.29 is 0 Å². The van der Waals surface area contributed by atoms with Crippen LogP contribution in [0.15, 0.2) is 0 Å². The summed E-state index contributed by atoms with van der Waals surface area (Å²) >= 11 is 0. The van der Waals surface area contributed by atoms with E-state index in [-0.39, 0.29) is 11.6 Å². The molecule has 0 rings (SSSR count). The SMILES string of the molecule is CCCC(N)C(C)(C)NC. The molecule has 0 aliphatic rings. The van der Waals surface area contributed by atoms with Crippen molar-refractivity contribution >= 4 is 0 Å². The van der Waals surface area contributed by atoms with Crippen LogP contribution in [0, 0.1) is 0 Å². The van der Waals surface area contributed by atoms with Crippen LogP contribution in [0.3, 0.4) is 0 Å². The largest absolute Gasteiger partial charge is 0.326 e. The maximum atomic E-state index is 5.91. The Morgan fingerprint density at radius 1 is 1.50 bits per heavy atom. The molecule has 0 aromatic heterocycles. The van der Waals surface area contributed by atoms with E-state index in [1.54, 1.807) is 0 Å². The standard InChI is InChI=1S/C8H20N2/c1-5-6-7(9)8(2,3)10-4/h7,10H,5-6,9H2,1-4H3. The minimum atomic E-state index is 0.0794. The second-order valence-electron chi connectivity index (χ2n) is 3.37. The fourth-order valence-corrected chi connectivity index (χ4v) is 0.857. The maximum absolute atomic E-state index is 5.91. The molecule has 10 heavy (non-hydrogen) atoms. The first-order valence-electron chi connectivity index (χ1n) is 3.99. The lowest BCUT2D eigenvalue weighted by Crippen LogP contribution is -2.52. The van der Waals surface area contributed by atoms with Gasteiger partial charge in [0.25, 0.3) is 0 Å². The van der Waals surface area contributed by atoms with Crippen LogP contribution < -0.4 is 11.1 Å². The minimum absolute atomic E-state index is 0.0794. The zero-order valence-electron chi connectivity index (χ0n) is 7.57. The predicted octanol–water partition coefficient (Wildman–Crippen LogP) is 1.11. The molecule has 0 saturated heterocycles. The number of hydrogen-bond donors (Lipinski definition) is 2. The van der Waals surface area contributed by atoms with Crippen molar-refractivity contribution in [3.8, 4) is 0 Å². The van der Waals surface area contributed by atoms with Crippen LogP contribution in [0.25, 0.3) is 0 Å². The van der Waals surface area contributed by atoms with Gasteiger partial charge in [0.1, 0.15) is 0 Å². The van der Waals surface area contributed by atoms with Crippen LogP contribution in [0.1, 0.15) is 33.6 Å². The van der Waals surface area contributed by atoms with E-state index in [0.717, 1.165) is 12.8 Å². The molecule has 0 aromatic rings. The zero-order chi connectivity index (χ0) is 8.20. The number of nitrogens with two attached hydrogens (primary N) is 1. The summed E-state index contributed by atoms with van der Waals surface area (Å²) in [6.45, 7) is 6.42. The monoisotopic (exact) mass is 144 g/mol. The summed E-state index contributed by atoms with van der Waals surface area (Å²) in [5, 5.41) is 3.20. The highest BCUT2D eigenvalue weighted by molar-refractivity contribution is 4.87. The molecule has 0 radical (unpaired) electrons. The zero-order valence-corrected chi connectivity index (χ0v) is 7.57. The van der Waals surface area contributed by atoms with Crippen molar-refractivity contribution in [1.82, 2.24) is 5.32 Å². The topological polar surface area (TPSA) is 38.0 Å². The molecule has 0 heterocycles. The molecule has 0 saturated carbocycles. The van der Waals surface area contributed by atoms with Crippen molar-refractivity contribution in [3.63, 3.8) is 0 Å². The first-order chi connectivity index (χ1) is 4.54. The highest BCUT2D eigenvalue weighted by atomic mass is 15.0. The molecule has 1 atom stereocenters. The molecule has 0 spiro atoms. The van der Waals surface area contributed by atoms with Gasteiger partial charge in [0, 0.05) is 11.6 Å². The average Bonchev–Trinajstić information content (AvgIpc) is 1.89. The summed E-state index contributed by atoms with van der Waals surface area (Å²) in [5.74, 6) is 0. The Kier molecular flexibility index (Phi) is 3.91. The van der Waals surface area contributed by atoms with Gasteiger partial charge in [-0.05, 0) is 27.3 Å². The van der Waals surface area contributed by atoms with Gasteiger partial charge >= 0.3 is 0 Å². The van der Waals surface area contributed by atoms with E-state index in [2.05, 4.69) is 26.1 Å². The Labute approximate surface area is 64.2 Å². The maximum Gasteiger partial charge on any atom is 0.0273 e. The Hall–Kier alpha value is -0.0800. The lowest BCUT2D eigenvalue weighted by Gasteiger charge is -2.30. The van der Waals surface area contributed by atoms with Gasteiger partial charge in [-0.2, -0.15) is 0 Å². The Morgan fingerprint density at radius 2 is 2.00 bits per heavy atom. The molecule has 0 bridgehead atoms. The lowest BCUT2D eigenvalue weighted by molar-refractivity contribution is 0.326. The van der Waals surface area contributed by atoms with E-state index in [1.165, 1.54) is 0 Å². The average molecular weight is 144 g/mol. The highest BCUT2D eigenvalue weighted by Gasteiger charge is 2.22. The van der Waals surface area contributed by atoms with Gasteiger partial charge in [0.2, 0.25) is 0 Å². The van der Waals surface area contributed by atoms with Gasteiger partial charge < -0.3 is 11.1 Å². The normalized spacial score (nSPS) is 15.3. The molecule has 62 valence electrons. The Balaban J connectivity index is 3.78. The molecule has 0 amide bonds. The van der Waals surface area contributed by atoms with Crippen LogP contribution in [0.2, 0.25) is 0 Å². The van der Waals surface area contributed by atoms with Crippen molar-refractivity contribution in [2.24, 2.45) is 5.73 Å². The second-order valence-corrected chi connectivity index (χ2v) is 3.37. The first-order valence-corrected chi connectivity index (χ1v) is 3.99. The summed E-state index contributed by atoms with van der Waals surface area (Å²) in [6, 6.07) is 0.266. The van der Waals surface area contributed by atoms with Crippen molar-refractivity contribution in [2.45, 2.75) is 45.2 Å². The van der Waals surface area contributed by atoms with Crippen LogP contribution in [0.4, 0.5) is 0 Å². The summed E-state index contributed by atoms with van der Waals surface area (Å²) in [4.78, 5) is 0. The third-order valence-electron chi connectivity index (χ3n) is 2.17. The van der Waals surface area contributed by atoms with E-state index in [0.29, 0.717) is 0 Å². The Morgan fingerprint density at radius 3 is 2.30 bits per heavy atom. The van der Waals surface area contributed by atoms with Crippen LogP contribution >= 0.6 is 0 Å². The summed E-state index contributed by atoms with van der Waals surface area (Å²) < 4.78 is 0. The molecule has 0 fully saturated rings. The third kappa shape index (κ3) is 2.67. The Bertz CT molecular complexity index is 89.3. The number of likely N-dealkylation sites (N-methyl/N-ethyl adjacent to an activating group) is 1. The summed E-state index contributed by atoms with van der Waals surface area (Å²) in [5.41, 5.74) is 5.99. The van der Waals surface area contributed by atoms with Crippen LogP contribution in [-0.2, 0) is 0 Å². The number of nitrogens with one attached hydrogen (secondary N) is 1. The smallest absolute Gasteiger partial charge is 0.0273 e. The molecule has 0 aliphatic carbocycles. The van der Waals surface area contributed by atoms with E-state index < -0.39 is 0 Å². The van der Waals surface area contributed by atoms with Crippen molar-refractivity contribution in [2.75, 3.05) is 7.05 Å². The molecular weight excluding hydrogens is 124 g/mol. The van der Waals surface area contributed by atoms with E-state index in [4.69, 9.17) is 5.73 Å². The fourth-order valence-electron chi connectivity index (χ4n) is 0.857. The molecule has 2 nitrogen and oxygen atoms in total. The molecule has 1 unspecified atom stereocenters. The second kappa shape index (κ2) is 3.94. The fraction of sp³-hybridized carbons (Fsp3) is 1.00. The number of rotatable bonds is 4. The van der Waals surface area contributed by atoms with E-state index >= 15 is 0 Å². The summed E-state index contributed by atoms with van der Waals surface area (Å²) in [7, 11) is 1.95. The van der Waals surface area contributed by atoms with Crippen LogP contribution in [0.5, 0.6) is 0 Å². The van der Waals surface area contributed by atoms with Gasteiger partial charge in [0.05, 0.1) is 0 Å². The third-order valence-corrected chi connectivity index (χ3v) is 2.17. The molecular formula is C8H20N2. The molecule has 3 N–H and O–H groups in total. The molecule has 2 heteroatoms. The van der Waals surface area contributed by atoms with Gasteiger partial charge in [0.15, 0.2) is 0 Å². The minimum Gasteiger partial charge on any atom is -0.326 e. The van der Waals surface area contributed by atoms with Crippen molar-refractivity contribution in [3.05, 3.63) is 0 Å². The lowest BCUT2D eigenvalue weighted by atomic mass is 9.92. The van der Waals surface area contributed by atoms with Crippen molar-refractivity contribution in [1.29, 1.82) is 0 Å². The van der Waals surface area contributed by atoms with Gasteiger partial charge in [-0.15, -0.1) is 0 Å². The first kappa shape index (κ1) is 9.92. The molecule has 0 aliphatic heterocycles. The highest BCUT2D eigenvalue weighted by Crippen LogP contribution is 2.10. The van der Waals surface area contributed by atoms with Gasteiger partial charge in [-0.25, -0.2) is 0 Å². The van der Waals surface area contributed by atoms with Gasteiger partial charge in [-0.3, -0.25) is 0 Å². The van der Waals surface area contributed by atoms with E-state index in [9.17, 15) is 0 Å². The number of hydrogen-bond acceptors (Lipinski definition) is 2. The summed E-state index contributed by atoms with van der Waals surface area (Å²) in [6.07, 6.45) is 2.25. The van der Waals surface area contributed by atoms with Gasteiger partial charge in [-0.1, -0.05) is 13.3 Å².